The van der Waals surface area contributed by atoms with Crippen molar-refractivity contribution in [3.05, 3.63) is 77.7 Å². The molecule has 2 amide bonds. The molecule has 0 radical (unpaired) electrons. The molecule has 2 aromatic carbocycles. The van der Waals surface area contributed by atoms with Gasteiger partial charge in [0.25, 0.3) is 0 Å². The number of aromatic nitrogens is 2. The number of hydrogen-bond donors (Lipinski definition) is 1. The van der Waals surface area contributed by atoms with E-state index in [-0.39, 0.29) is 17.7 Å². The minimum atomic E-state index is -0.650. The number of nitrogens with one attached hydrogen (secondary N) is 1. The van der Waals surface area contributed by atoms with E-state index >= 15 is 0 Å². The molecule has 1 fully saturated rings. The Bertz CT molecular complexity index is 1060. The Morgan fingerprint density at radius 2 is 1.77 bits per heavy atom. The summed E-state index contributed by atoms with van der Waals surface area (Å²) in [6.07, 6.45) is 2.09. The zero-order valence-electron chi connectivity index (χ0n) is 16.7. The van der Waals surface area contributed by atoms with Crippen molar-refractivity contribution in [2.75, 3.05) is 11.9 Å². The van der Waals surface area contributed by atoms with Crippen LogP contribution < -0.4 is 5.32 Å². The van der Waals surface area contributed by atoms with Crippen molar-refractivity contribution in [2.24, 2.45) is 0 Å². The average molecular weight is 437 g/mol. The number of nitrogens with zero attached hydrogens (tertiary/aromatic N) is 3. The monoisotopic (exact) mass is 436 g/mol. The first-order valence-corrected chi connectivity index (χ1v) is 10.4. The van der Waals surface area contributed by atoms with Crippen molar-refractivity contribution in [1.82, 2.24) is 14.9 Å². The third-order valence-corrected chi connectivity index (χ3v) is 5.38. The maximum atomic E-state index is 13.1. The van der Waals surface area contributed by atoms with Crippen LogP contribution in [0.4, 0.5) is 10.5 Å². The number of anilines is 1. The smallest absolute Gasteiger partial charge is 0.410 e. The van der Waals surface area contributed by atoms with Gasteiger partial charge in [0.2, 0.25) is 5.91 Å². The molecule has 8 heteroatoms. The van der Waals surface area contributed by atoms with Gasteiger partial charge in [0, 0.05) is 12.1 Å². The van der Waals surface area contributed by atoms with Crippen molar-refractivity contribution in [1.29, 1.82) is 0 Å². The molecule has 1 aliphatic heterocycles. The fraction of sp³-hybridized carbons (Fsp3) is 0.217. The number of ether oxygens (including phenoxy) is 1. The lowest BCUT2D eigenvalue weighted by atomic mass is 10.1. The molecular weight excluding hydrogens is 416 g/mol. The molecule has 1 aromatic heterocycles. The lowest BCUT2D eigenvalue weighted by Gasteiger charge is -2.24. The Morgan fingerprint density at radius 3 is 2.52 bits per heavy atom. The molecule has 158 valence electrons. The SMILES string of the molecule is O=C(Nc1c(Cl)ncnc1-c1ccccc1)[C@@H]1CCCN1C(=O)OCc1ccccc1. The first-order chi connectivity index (χ1) is 15.1. The predicted octanol–water partition coefficient (Wildman–Crippen LogP) is 4.54. The Balaban J connectivity index is 1.48. The number of likely N-dealkylation sites (tertiary alicyclic amines) is 1. The maximum Gasteiger partial charge on any atom is 0.410 e. The highest BCUT2D eigenvalue weighted by molar-refractivity contribution is 6.33. The Labute approximate surface area is 185 Å². The lowest BCUT2D eigenvalue weighted by Crippen LogP contribution is -2.43. The number of carbonyl (C=O) groups excluding carboxylic acids is 2. The van der Waals surface area contributed by atoms with Crippen LogP contribution in [0.5, 0.6) is 0 Å². The first kappa shape index (κ1) is 20.8. The Hall–Kier alpha value is -3.45. The Kier molecular flexibility index (Phi) is 6.43. The predicted molar refractivity (Wildman–Crippen MR) is 117 cm³/mol. The standard InChI is InChI=1S/C23H21ClN4O3/c24-21-20(19(25-15-26-21)17-10-5-2-6-11-17)27-22(29)18-12-7-13-28(18)23(30)31-14-16-8-3-1-4-9-16/h1-6,8-11,15,18H,7,12-14H2,(H,27,29)/t18-/m0/s1. The summed E-state index contributed by atoms with van der Waals surface area (Å²) < 4.78 is 5.42. The van der Waals surface area contributed by atoms with Gasteiger partial charge in [0.1, 0.15) is 24.7 Å². The van der Waals surface area contributed by atoms with Gasteiger partial charge in [0.05, 0.1) is 5.69 Å². The van der Waals surface area contributed by atoms with Gasteiger partial charge < -0.3 is 10.1 Å². The topological polar surface area (TPSA) is 84.4 Å². The normalized spacial score (nSPS) is 15.5. The molecule has 3 aromatic rings. The summed E-state index contributed by atoms with van der Waals surface area (Å²) in [5.41, 5.74) is 2.53. The summed E-state index contributed by atoms with van der Waals surface area (Å²) in [6, 6.07) is 18.1. The maximum absolute atomic E-state index is 13.1. The van der Waals surface area contributed by atoms with Crippen molar-refractivity contribution < 1.29 is 14.3 Å². The largest absolute Gasteiger partial charge is 0.445 e. The summed E-state index contributed by atoms with van der Waals surface area (Å²) >= 11 is 6.28. The second kappa shape index (κ2) is 9.57. The van der Waals surface area contributed by atoms with E-state index in [0.29, 0.717) is 30.8 Å². The fourth-order valence-corrected chi connectivity index (χ4v) is 3.74. The van der Waals surface area contributed by atoms with Gasteiger partial charge in [-0.05, 0) is 18.4 Å². The van der Waals surface area contributed by atoms with Gasteiger partial charge in [-0.2, -0.15) is 0 Å². The number of rotatable bonds is 5. The number of amides is 2. The van der Waals surface area contributed by atoms with Crippen LogP contribution in [-0.4, -0.2) is 39.5 Å². The second-order valence-corrected chi connectivity index (χ2v) is 7.49. The number of halogens is 1. The van der Waals surface area contributed by atoms with E-state index < -0.39 is 12.1 Å². The molecule has 0 spiro atoms. The van der Waals surface area contributed by atoms with Gasteiger partial charge >= 0.3 is 6.09 Å². The molecule has 0 aliphatic carbocycles. The van der Waals surface area contributed by atoms with Crippen molar-refractivity contribution in [3.63, 3.8) is 0 Å². The van der Waals surface area contributed by atoms with Crippen LogP contribution in [0.25, 0.3) is 11.3 Å². The molecule has 0 unspecified atom stereocenters. The Morgan fingerprint density at radius 1 is 1.06 bits per heavy atom. The van der Waals surface area contributed by atoms with Gasteiger partial charge in [-0.3, -0.25) is 9.69 Å². The van der Waals surface area contributed by atoms with Crippen molar-refractivity contribution in [3.8, 4) is 11.3 Å². The number of hydrogen-bond acceptors (Lipinski definition) is 5. The highest BCUT2D eigenvalue weighted by Gasteiger charge is 2.35. The van der Waals surface area contributed by atoms with E-state index in [1.165, 1.54) is 11.2 Å². The van der Waals surface area contributed by atoms with Crippen molar-refractivity contribution >= 4 is 29.3 Å². The molecule has 4 rings (SSSR count). The molecule has 0 bridgehead atoms. The molecule has 31 heavy (non-hydrogen) atoms. The minimum Gasteiger partial charge on any atom is -0.445 e. The molecular formula is C23H21ClN4O3. The number of benzene rings is 2. The highest BCUT2D eigenvalue weighted by atomic mass is 35.5. The molecule has 1 aliphatic rings. The van der Waals surface area contributed by atoms with E-state index in [0.717, 1.165) is 11.1 Å². The van der Waals surface area contributed by atoms with Gasteiger partial charge in [-0.1, -0.05) is 72.3 Å². The molecule has 0 saturated carbocycles. The molecule has 7 nitrogen and oxygen atoms in total. The van der Waals surface area contributed by atoms with Crippen LogP contribution in [0, 0.1) is 0 Å². The van der Waals surface area contributed by atoms with E-state index in [1.807, 2.05) is 60.7 Å². The zero-order valence-corrected chi connectivity index (χ0v) is 17.5. The second-order valence-electron chi connectivity index (χ2n) is 7.13. The highest BCUT2D eigenvalue weighted by Crippen LogP contribution is 2.31. The number of carbonyl (C=O) groups is 2. The summed E-state index contributed by atoms with van der Waals surface area (Å²) in [6.45, 7) is 0.608. The molecule has 2 heterocycles. The van der Waals surface area contributed by atoms with Gasteiger partial charge in [-0.15, -0.1) is 0 Å². The minimum absolute atomic E-state index is 0.137. The van der Waals surface area contributed by atoms with Crippen LogP contribution in [0.2, 0.25) is 5.15 Å². The van der Waals surface area contributed by atoms with E-state index in [1.54, 1.807) is 0 Å². The van der Waals surface area contributed by atoms with Crippen LogP contribution >= 0.6 is 11.6 Å². The van der Waals surface area contributed by atoms with Crippen molar-refractivity contribution in [2.45, 2.75) is 25.5 Å². The molecule has 1 saturated heterocycles. The van der Waals surface area contributed by atoms with Gasteiger partial charge in [-0.25, -0.2) is 14.8 Å². The summed E-state index contributed by atoms with van der Waals surface area (Å²) in [7, 11) is 0. The summed E-state index contributed by atoms with van der Waals surface area (Å²) in [5, 5.41) is 2.97. The van der Waals surface area contributed by atoms with Crippen LogP contribution in [0.1, 0.15) is 18.4 Å². The molecule has 1 atom stereocenters. The third-order valence-electron chi connectivity index (χ3n) is 5.09. The quantitative estimate of drug-likeness (QED) is 0.593. The molecule has 1 N–H and O–H groups in total. The summed E-state index contributed by atoms with van der Waals surface area (Å²) in [5.74, 6) is -0.344. The van der Waals surface area contributed by atoms with Gasteiger partial charge in [0.15, 0.2) is 5.15 Å². The van der Waals surface area contributed by atoms with E-state index in [9.17, 15) is 9.59 Å². The first-order valence-electron chi connectivity index (χ1n) is 9.97. The fourth-order valence-electron chi connectivity index (χ4n) is 3.56. The van der Waals surface area contributed by atoms with Crippen LogP contribution in [-0.2, 0) is 16.1 Å². The zero-order chi connectivity index (χ0) is 21.6. The summed E-state index contributed by atoms with van der Waals surface area (Å²) in [4.78, 5) is 35.4. The van der Waals surface area contributed by atoms with E-state index in [2.05, 4.69) is 15.3 Å². The third kappa shape index (κ3) is 4.83. The van der Waals surface area contributed by atoms with Crippen LogP contribution in [0.3, 0.4) is 0 Å². The average Bonchev–Trinajstić information content (AvgIpc) is 3.30. The van der Waals surface area contributed by atoms with Crippen LogP contribution in [0.15, 0.2) is 67.0 Å². The lowest BCUT2D eigenvalue weighted by molar-refractivity contribution is -0.120. The van der Waals surface area contributed by atoms with E-state index in [4.69, 9.17) is 16.3 Å².